The molecule has 0 heterocycles. The lowest BCUT2D eigenvalue weighted by Crippen LogP contribution is -2.48. The highest BCUT2D eigenvalue weighted by Gasteiger charge is 2.26. The first-order chi connectivity index (χ1) is 9.39. The fraction of sp³-hybridized carbons (Fsp3) is 0.429. The highest BCUT2D eigenvalue weighted by atomic mass is 16.2. The van der Waals surface area contributed by atoms with Crippen LogP contribution in [0.3, 0.4) is 0 Å². The summed E-state index contributed by atoms with van der Waals surface area (Å²) in [6.07, 6.45) is 1.46. The molecular weight excluding hydrogens is 256 g/mol. The molecule has 1 unspecified atom stereocenters. The zero-order valence-corrected chi connectivity index (χ0v) is 12.1. The molecule has 0 fully saturated rings. The lowest BCUT2D eigenvalue weighted by molar-refractivity contribution is -0.120. The smallest absolute Gasteiger partial charge is 0.318 e. The van der Waals surface area contributed by atoms with Crippen LogP contribution in [0.4, 0.5) is 16.2 Å². The zero-order valence-electron chi connectivity index (χ0n) is 12.1. The molecule has 1 rings (SSSR count). The zero-order chi connectivity index (χ0) is 15.2. The van der Waals surface area contributed by atoms with E-state index < -0.39 is 5.54 Å². The van der Waals surface area contributed by atoms with Gasteiger partial charge in [0.1, 0.15) is 0 Å². The summed E-state index contributed by atoms with van der Waals surface area (Å²) in [7, 11) is 1.54. The summed E-state index contributed by atoms with van der Waals surface area (Å²) in [4.78, 5) is 23.2. The fourth-order valence-corrected chi connectivity index (χ4v) is 1.74. The molecule has 20 heavy (non-hydrogen) atoms. The Morgan fingerprint density at radius 2 is 1.65 bits per heavy atom. The normalized spacial score (nSPS) is 13.2. The summed E-state index contributed by atoms with van der Waals surface area (Å²) in [5, 5.41) is 7.86. The van der Waals surface area contributed by atoms with E-state index in [0.717, 1.165) is 6.42 Å². The molecule has 0 aliphatic rings. The van der Waals surface area contributed by atoms with Crippen molar-refractivity contribution in [1.82, 2.24) is 5.32 Å². The van der Waals surface area contributed by atoms with E-state index in [4.69, 9.17) is 5.73 Å². The van der Waals surface area contributed by atoms with E-state index in [1.165, 1.54) is 0 Å². The van der Waals surface area contributed by atoms with Gasteiger partial charge in [-0.1, -0.05) is 13.3 Å². The van der Waals surface area contributed by atoms with Crippen LogP contribution >= 0.6 is 0 Å². The van der Waals surface area contributed by atoms with Crippen molar-refractivity contribution in [2.24, 2.45) is 5.73 Å². The van der Waals surface area contributed by atoms with Gasteiger partial charge in [0.05, 0.1) is 5.54 Å². The molecule has 0 aromatic heterocycles. The number of amides is 3. The predicted octanol–water partition coefficient (Wildman–Crippen LogP) is 1.89. The van der Waals surface area contributed by atoms with Crippen LogP contribution in [0.25, 0.3) is 0 Å². The molecule has 6 heteroatoms. The van der Waals surface area contributed by atoms with Crippen molar-refractivity contribution in [2.75, 3.05) is 17.7 Å². The van der Waals surface area contributed by atoms with Gasteiger partial charge in [-0.25, -0.2) is 4.79 Å². The molecule has 5 N–H and O–H groups in total. The molecule has 0 spiro atoms. The van der Waals surface area contributed by atoms with Crippen molar-refractivity contribution in [1.29, 1.82) is 0 Å². The van der Waals surface area contributed by atoms with E-state index in [-0.39, 0.29) is 11.9 Å². The maximum absolute atomic E-state index is 12.0. The first kappa shape index (κ1) is 16.0. The van der Waals surface area contributed by atoms with Crippen molar-refractivity contribution in [3.8, 4) is 0 Å². The molecule has 110 valence electrons. The molecule has 0 radical (unpaired) electrons. The fourth-order valence-electron chi connectivity index (χ4n) is 1.74. The highest BCUT2D eigenvalue weighted by molar-refractivity contribution is 5.98. The number of hydrogen-bond donors (Lipinski definition) is 4. The molecule has 0 saturated carbocycles. The van der Waals surface area contributed by atoms with Crippen LogP contribution in [-0.2, 0) is 4.79 Å². The predicted molar refractivity (Wildman–Crippen MR) is 80.7 cm³/mol. The van der Waals surface area contributed by atoms with Gasteiger partial charge in [-0.3, -0.25) is 4.79 Å². The van der Waals surface area contributed by atoms with Crippen LogP contribution in [0.2, 0.25) is 0 Å². The molecular formula is C14H22N4O2. The molecule has 0 saturated heterocycles. The molecule has 6 nitrogen and oxygen atoms in total. The summed E-state index contributed by atoms with van der Waals surface area (Å²) in [6, 6.07) is 6.55. The second kappa shape index (κ2) is 6.91. The number of urea groups is 1. The quantitative estimate of drug-likeness (QED) is 0.662. The number of nitrogens with one attached hydrogen (secondary N) is 3. The van der Waals surface area contributed by atoms with E-state index in [2.05, 4.69) is 16.0 Å². The number of anilines is 2. The number of rotatable bonds is 5. The lowest BCUT2D eigenvalue weighted by Gasteiger charge is -2.22. The van der Waals surface area contributed by atoms with Gasteiger partial charge in [0.25, 0.3) is 0 Å². The maximum atomic E-state index is 12.0. The summed E-state index contributed by atoms with van der Waals surface area (Å²) < 4.78 is 0. The van der Waals surface area contributed by atoms with Crippen molar-refractivity contribution < 1.29 is 9.59 Å². The summed E-state index contributed by atoms with van der Waals surface area (Å²) in [6.45, 7) is 3.70. The minimum absolute atomic E-state index is 0.216. The molecule has 0 bridgehead atoms. The van der Waals surface area contributed by atoms with E-state index >= 15 is 0 Å². The average molecular weight is 278 g/mol. The second-order valence-corrected chi connectivity index (χ2v) is 4.90. The largest absolute Gasteiger partial charge is 0.341 e. The summed E-state index contributed by atoms with van der Waals surface area (Å²) >= 11 is 0. The van der Waals surface area contributed by atoms with Crippen LogP contribution in [0.5, 0.6) is 0 Å². The van der Waals surface area contributed by atoms with Crippen LogP contribution in [-0.4, -0.2) is 24.5 Å². The Bertz CT molecular complexity index is 469. The molecule has 3 amide bonds. The highest BCUT2D eigenvalue weighted by Crippen LogP contribution is 2.16. The topological polar surface area (TPSA) is 96.2 Å². The number of benzene rings is 1. The first-order valence-electron chi connectivity index (χ1n) is 6.58. The van der Waals surface area contributed by atoms with Crippen molar-refractivity contribution in [3.05, 3.63) is 24.3 Å². The van der Waals surface area contributed by atoms with Gasteiger partial charge < -0.3 is 21.7 Å². The summed E-state index contributed by atoms with van der Waals surface area (Å²) in [5.41, 5.74) is 6.36. The number of carbonyl (C=O) groups excluding carboxylic acids is 2. The van der Waals surface area contributed by atoms with E-state index in [0.29, 0.717) is 17.8 Å². The van der Waals surface area contributed by atoms with Gasteiger partial charge in [-0.15, -0.1) is 0 Å². The Morgan fingerprint density at radius 3 is 2.10 bits per heavy atom. The molecule has 1 aromatic carbocycles. The van der Waals surface area contributed by atoms with Crippen molar-refractivity contribution in [3.63, 3.8) is 0 Å². The summed E-state index contributed by atoms with van der Waals surface area (Å²) in [5.74, 6) is -0.216. The average Bonchev–Trinajstić information content (AvgIpc) is 2.40. The number of nitrogens with two attached hydrogens (primary N) is 1. The van der Waals surface area contributed by atoms with Gasteiger partial charge in [-0.05, 0) is 37.6 Å². The lowest BCUT2D eigenvalue weighted by atomic mass is 9.96. The Labute approximate surface area is 119 Å². The van der Waals surface area contributed by atoms with Crippen LogP contribution in [0.15, 0.2) is 24.3 Å². The minimum Gasteiger partial charge on any atom is -0.341 e. The monoisotopic (exact) mass is 278 g/mol. The third-order valence-electron chi connectivity index (χ3n) is 2.92. The Balaban J connectivity index is 2.66. The number of carbonyl (C=O) groups is 2. The van der Waals surface area contributed by atoms with Crippen LogP contribution < -0.4 is 21.7 Å². The molecule has 0 aliphatic heterocycles. The van der Waals surface area contributed by atoms with Gasteiger partial charge in [0.15, 0.2) is 0 Å². The standard InChI is InChI=1S/C14H22N4O2/c1-4-9-14(2,15)12(19)17-10-5-7-11(8-6-10)18-13(20)16-3/h5-8H,4,9,15H2,1-3H3,(H,17,19)(H2,16,18,20). The second-order valence-electron chi connectivity index (χ2n) is 4.90. The van der Waals surface area contributed by atoms with Gasteiger partial charge in [-0.2, -0.15) is 0 Å². The molecule has 1 atom stereocenters. The van der Waals surface area contributed by atoms with E-state index in [1.807, 2.05) is 6.92 Å². The third kappa shape index (κ3) is 4.55. The van der Waals surface area contributed by atoms with Crippen molar-refractivity contribution >= 4 is 23.3 Å². The van der Waals surface area contributed by atoms with Gasteiger partial charge in [0, 0.05) is 18.4 Å². The SMILES string of the molecule is CCCC(C)(N)C(=O)Nc1ccc(NC(=O)NC)cc1. The van der Waals surface area contributed by atoms with E-state index in [9.17, 15) is 9.59 Å². The van der Waals surface area contributed by atoms with Crippen LogP contribution in [0.1, 0.15) is 26.7 Å². The molecule has 1 aromatic rings. The van der Waals surface area contributed by atoms with Crippen LogP contribution in [0, 0.1) is 0 Å². The van der Waals surface area contributed by atoms with Gasteiger partial charge >= 0.3 is 6.03 Å². The third-order valence-corrected chi connectivity index (χ3v) is 2.92. The Hall–Kier alpha value is -2.08. The van der Waals surface area contributed by atoms with Crippen molar-refractivity contribution in [2.45, 2.75) is 32.2 Å². The number of hydrogen-bond acceptors (Lipinski definition) is 3. The maximum Gasteiger partial charge on any atom is 0.318 e. The Kier molecular flexibility index (Phi) is 5.52. The first-order valence-corrected chi connectivity index (χ1v) is 6.58. The van der Waals surface area contributed by atoms with Gasteiger partial charge in [0.2, 0.25) is 5.91 Å². The Morgan fingerprint density at radius 1 is 1.15 bits per heavy atom. The van der Waals surface area contributed by atoms with E-state index in [1.54, 1.807) is 38.2 Å². The molecule has 0 aliphatic carbocycles. The minimum atomic E-state index is -0.881.